The van der Waals surface area contributed by atoms with Gasteiger partial charge in [-0.3, -0.25) is 9.78 Å². The van der Waals surface area contributed by atoms with E-state index in [4.69, 9.17) is 0 Å². The predicted octanol–water partition coefficient (Wildman–Crippen LogP) is 2.40. The van der Waals surface area contributed by atoms with Crippen LogP contribution in [-0.4, -0.2) is 30.5 Å². The summed E-state index contributed by atoms with van der Waals surface area (Å²) in [6.45, 7) is 0. The Bertz CT molecular complexity index is 828. The molecule has 1 amide bonds. The van der Waals surface area contributed by atoms with Crippen molar-refractivity contribution in [2.45, 2.75) is 30.2 Å². The van der Waals surface area contributed by atoms with Gasteiger partial charge in [0.1, 0.15) is 0 Å². The largest absolute Gasteiger partial charge is 0.319 e. The second kappa shape index (κ2) is 6.08. The van der Waals surface area contributed by atoms with Gasteiger partial charge in [0.25, 0.3) is 5.91 Å². The molecule has 1 N–H and O–H groups in total. The van der Waals surface area contributed by atoms with Crippen LogP contribution in [0.5, 0.6) is 0 Å². The molecule has 0 bridgehead atoms. The van der Waals surface area contributed by atoms with Crippen molar-refractivity contribution in [2.75, 3.05) is 11.6 Å². The van der Waals surface area contributed by atoms with E-state index in [0.29, 0.717) is 11.5 Å². The summed E-state index contributed by atoms with van der Waals surface area (Å²) < 4.78 is 23.4. The fraction of sp³-hybridized carbons (Fsp3) is 0.312. The molecule has 3 rings (SSSR count). The number of nitrogens with zero attached hydrogens (tertiary/aromatic N) is 2. The lowest BCUT2D eigenvalue weighted by Crippen LogP contribution is -2.16. The van der Waals surface area contributed by atoms with Gasteiger partial charge in [0.05, 0.1) is 11.3 Å². The van der Waals surface area contributed by atoms with Crippen molar-refractivity contribution in [3.05, 3.63) is 47.9 Å². The van der Waals surface area contributed by atoms with Gasteiger partial charge < -0.3 is 5.32 Å². The first kappa shape index (κ1) is 15.6. The van der Waals surface area contributed by atoms with E-state index in [-0.39, 0.29) is 10.7 Å². The maximum atomic E-state index is 12.3. The number of carbonyl (C=O) groups excluding carboxylic acids is 1. The summed E-state index contributed by atoms with van der Waals surface area (Å²) in [5.41, 5.74) is 1.56. The molecule has 2 heterocycles. The highest BCUT2D eigenvalue weighted by molar-refractivity contribution is 7.90. The zero-order chi connectivity index (χ0) is 16.4. The first-order chi connectivity index (χ1) is 10.9. The Balaban J connectivity index is 1.79. The number of amides is 1. The Morgan fingerprint density at radius 2 is 2.00 bits per heavy atom. The summed E-state index contributed by atoms with van der Waals surface area (Å²) >= 11 is 0. The lowest BCUT2D eigenvalue weighted by Gasteiger charge is -2.24. The second-order valence-corrected chi connectivity index (χ2v) is 7.61. The minimum Gasteiger partial charge on any atom is -0.319 e. The second-order valence-electron chi connectivity index (χ2n) is 5.68. The van der Waals surface area contributed by atoms with E-state index in [1.807, 2.05) is 6.07 Å². The Hall–Kier alpha value is -2.28. The highest BCUT2D eigenvalue weighted by atomic mass is 32.2. The van der Waals surface area contributed by atoms with E-state index in [9.17, 15) is 13.2 Å². The molecule has 6 nitrogen and oxygen atoms in total. The van der Waals surface area contributed by atoms with Crippen LogP contribution >= 0.6 is 0 Å². The van der Waals surface area contributed by atoms with Crippen LogP contribution in [0.2, 0.25) is 0 Å². The number of pyridine rings is 2. The smallest absolute Gasteiger partial charge is 0.257 e. The van der Waals surface area contributed by atoms with E-state index < -0.39 is 15.7 Å². The molecule has 0 saturated heterocycles. The van der Waals surface area contributed by atoms with Crippen LogP contribution in [0.4, 0.5) is 5.69 Å². The number of hydrogen-bond acceptors (Lipinski definition) is 5. The Morgan fingerprint density at radius 3 is 2.57 bits per heavy atom. The van der Waals surface area contributed by atoms with Crippen molar-refractivity contribution < 1.29 is 13.2 Å². The molecule has 23 heavy (non-hydrogen) atoms. The molecule has 0 unspecified atom stereocenters. The monoisotopic (exact) mass is 331 g/mol. The average Bonchev–Trinajstić information content (AvgIpc) is 2.45. The predicted molar refractivity (Wildman–Crippen MR) is 86.1 cm³/mol. The van der Waals surface area contributed by atoms with Crippen molar-refractivity contribution in [1.29, 1.82) is 0 Å². The number of nitrogens with one attached hydrogen (secondary N) is 1. The van der Waals surface area contributed by atoms with Crippen LogP contribution in [0.1, 0.15) is 41.2 Å². The normalized spacial score (nSPS) is 15.0. The summed E-state index contributed by atoms with van der Waals surface area (Å²) in [4.78, 5) is 20.5. The van der Waals surface area contributed by atoms with Gasteiger partial charge in [-0.05, 0) is 37.1 Å². The number of carbonyl (C=O) groups is 1. The molecule has 7 heteroatoms. The van der Waals surface area contributed by atoms with Gasteiger partial charge in [0, 0.05) is 30.3 Å². The zero-order valence-corrected chi connectivity index (χ0v) is 13.5. The minimum atomic E-state index is -3.52. The summed E-state index contributed by atoms with van der Waals surface area (Å²) in [7, 11) is -3.52. The van der Waals surface area contributed by atoms with Crippen LogP contribution in [0, 0.1) is 0 Å². The topological polar surface area (TPSA) is 89.0 Å². The number of rotatable bonds is 4. The minimum absolute atomic E-state index is 0.146. The lowest BCUT2D eigenvalue weighted by atomic mass is 9.82. The molecule has 1 fully saturated rings. The van der Waals surface area contributed by atoms with Crippen molar-refractivity contribution in [3.63, 3.8) is 0 Å². The van der Waals surface area contributed by atoms with Gasteiger partial charge in [0.2, 0.25) is 0 Å². The first-order valence-electron chi connectivity index (χ1n) is 7.37. The standard InChI is InChI=1S/C16H17N3O3S/c1-23(21,22)16-14(6-3-9-17-16)19-15(20)12-7-8-13(18-10-12)11-4-2-5-11/h3,6-11H,2,4-5H2,1H3,(H,19,20). The summed E-state index contributed by atoms with van der Waals surface area (Å²) in [6, 6.07) is 6.66. The average molecular weight is 331 g/mol. The van der Waals surface area contributed by atoms with Crippen molar-refractivity contribution in [1.82, 2.24) is 9.97 Å². The molecular formula is C16H17N3O3S. The lowest BCUT2D eigenvalue weighted by molar-refractivity contribution is 0.102. The van der Waals surface area contributed by atoms with E-state index in [0.717, 1.165) is 24.8 Å². The molecular weight excluding hydrogens is 314 g/mol. The van der Waals surface area contributed by atoms with Crippen molar-refractivity contribution in [2.24, 2.45) is 0 Å². The van der Waals surface area contributed by atoms with Crippen molar-refractivity contribution in [3.8, 4) is 0 Å². The fourth-order valence-corrected chi connectivity index (χ4v) is 3.23. The van der Waals surface area contributed by atoms with E-state index in [1.54, 1.807) is 12.1 Å². The molecule has 0 spiro atoms. The van der Waals surface area contributed by atoms with Gasteiger partial charge in [-0.2, -0.15) is 0 Å². The molecule has 2 aromatic rings. The van der Waals surface area contributed by atoms with Crippen LogP contribution in [-0.2, 0) is 9.84 Å². The molecule has 0 aromatic carbocycles. The summed E-state index contributed by atoms with van der Waals surface area (Å²) in [5, 5.41) is 2.44. The quantitative estimate of drug-likeness (QED) is 0.929. The molecule has 0 radical (unpaired) electrons. The van der Waals surface area contributed by atoms with E-state index in [2.05, 4.69) is 15.3 Å². The maximum Gasteiger partial charge on any atom is 0.257 e. The highest BCUT2D eigenvalue weighted by Gasteiger charge is 2.21. The van der Waals surface area contributed by atoms with Crippen LogP contribution < -0.4 is 5.32 Å². The van der Waals surface area contributed by atoms with Crippen LogP contribution in [0.25, 0.3) is 0 Å². The van der Waals surface area contributed by atoms with Crippen LogP contribution in [0.3, 0.4) is 0 Å². The third-order valence-corrected chi connectivity index (χ3v) is 4.97. The number of aromatic nitrogens is 2. The molecule has 1 aliphatic rings. The van der Waals surface area contributed by atoms with Crippen molar-refractivity contribution >= 4 is 21.4 Å². The van der Waals surface area contributed by atoms with E-state index >= 15 is 0 Å². The Labute approximate surface area is 134 Å². The summed E-state index contributed by atoms with van der Waals surface area (Å²) in [6.07, 6.45) is 7.47. The maximum absolute atomic E-state index is 12.3. The molecule has 0 aliphatic heterocycles. The molecule has 120 valence electrons. The molecule has 1 aliphatic carbocycles. The number of hydrogen-bond donors (Lipinski definition) is 1. The number of anilines is 1. The van der Waals surface area contributed by atoms with E-state index in [1.165, 1.54) is 24.9 Å². The zero-order valence-electron chi connectivity index (χ0n) is 12.7. The Kier molecular flexibility index (Phi) is 4.12. The third-order valence-electron chi connectivity index (χ3n) is 3.94. The first-order valence-corrected chi connectivity index (χ1v) is 9.26. The van der Waals surface area contributed by atoms with Gasteiger partial charge in [-0.15, -0.1) is 0 Å². The van der Waals surface area contributed by atoms with Gasteiger partial charge in [-0.1, -0.05) is 6.42 Å². The molecule has 2 aromatic heterocycles. The van der Waals surface area contributed by atoms with Crippen LogP contribution in [0.15, 0.2) is 41.7 Å². The highest BCUT2D eigenvalue weighted by Crippen LogP contribution is 2.35. The number of sulfone groups is 1. The third kappa shape index (κ3) is 3.39. The van der Waals surface area contributed by atoms with Gasteiger partial charge in [-0.25, -0.2) is 13.4 Å². The molecule has 1 saturated carbocycles. The molecule has 0 atom stereocenters. The van der Waals surface area contributed by atoms with Gasteiger partial charge >= 0.3 is 0 Å². The SMILES string of the molecule is CS(=O)(=O)c1ncccc1NC(=O)c1ccc(C2CCC2)nc1. The summed E-state index contributed by atoms with van der Waals surface area (Å²) in [5.74, 6) is 0.0952. The van der Waals surface area contributed by atoms with Gasteiger partial charge in [0.15, 0.2) is 14.9 Å². The fourth-order valence-electron chi connectivity index (χ4n) is 2.46. The Morgan fingerprint density at radius 1 is 1.22 bits per heavy atom.